The Kier molecular flexibility index (Phi) is 6.00. The Morgan fingerprint density at radius 1 is 0.966 bits per heavy atom. The third-order valence-electron chi connectivity index (χ3n) is 5.27. The number of halogens is 1. The van der Waals surface area contributed by atoms with E-state index in [9.17, 15) is 4.39 Å². The smallest absolute Gasteiger partial charge is 0.138 e. The minimum absolute atomic E-state index is 0.385. The van der Waals surface area contributed by atoms with Crippen LogP contribution in [0.25, 0.3) is 11.3 Å². The monoisotopic (exact) mass is 392 g/mol. The van der Waals surface area contributed by atoms with E-state index in [4.69, 9.17) is 4.74 Å². The molecule has 1 saturated heterocycles. The third-order valence-corrected chi connectivity index (χ3v) is 5.27. The maximum atomic E-state index is 14.8. The van der Waals surface area contributed by atoms with Gasteiger partial charge in [-0.25, -0.2) is 9.37 Å². The minimum atomic E-state index is -1.03. The first kappa shape index (κ1) is 19.3. The van der Waals surface area contributed by atoms with Gasteiger partial charge in [0.2, 0.25) is 0 Å². The molecule has 0 spiro atoms. The van der Waals surface area contributed by atoms with Crippen molar-refractivity contribution in [1.29, 1.82) is 0 Å². The number of rotatable bonds is 6. The van der Waals surface area contributed by atoms with E-state index >= 15 is 0 Å². The minimum Gasteiger partial charge on any atom is -0.497 e. The fourth-order valence-corrected chi connectivity index (χ4v) is 3.68. The molecule has 0 N–H and O–H groups in total. The number of nitrogens with zero attached hydrogens (tertiary/aromatic N) is 4. The second kappa shape index (κ2) is 9.01. The van der Waals surface area contributed by atoms with Gasteiger partial charge in [0.05, 0.1) is 12.8 Å². The summed E-state index contributed by atoms with van der Waals surface area (Å²) >= 11 is 0. The van der Waals surface area contributed by atoms with Crippen molar-refractivity contribution in [1.82, 2.24) is 14.9 Å². The Morgan fingerprint density at radius 3 is 2.55 bits per heavy atom. The van der Waals surface area contributed by atoms with Crippen LogP contribution in [0.2, 0.25) is 0 Å². The highest BCUT2D eigenvalue weighted by atomic mass is 19.1. The summed E-state index contributed by atoms with van der Waals surface area (Å²) in [5.74, 6) is 1.63. The Balaban J connectivity index is 1.40. The third kappa shape index (κ3) is 4.54. The molecule has 5 nitrogen and oxygen atoms in total. The van der Waals surface area contributed by atoms with Gasteiger partial charge in [-0.15, -0.1) is 0 Å². The molecule has 0 bridgehead atoms. The number of benzene rings is 1. The molecule has 1 fully saturated rings. The molecule has 1 aromatic carbocycles. The first-order valence-electron chi connectivity index (χ1n) is 9.86. The van der Waals surface area contributed by atoms with E-state index in [1.165, 1.54) is 0 Å². The number of anilines is 1. The maximum Gasteiger partial charge on any atom is 0.138 e. The average Bonchev–Trinajstić information content (AvgIpc) is 2.80. The molecule has 4 rings (SSSR count). The molecule has 150 valence electrons. The van der Waals surface area contributed by atoms with Crippen molar-refractivity contribution >= 4 is 5.82 Å². The Hall–Kier alpha value is -2.99. The Labute approximate surface area is 170 Å². The van der Waals surface area contributed by atoms with Gasteiger partial charge in [0.1, 0.15) is 17.7 Å². The summed E-state index contributed by atoms with van der Waals surface area (Å²) in [6.45, 7) is 3.59. The standard InChI is InChI=1S/C23H25FN4O/c1-29-19-7-4-6-18(16-19)21(24)17-27-12-14-28(15-13-27)23-20(8-5-11-26-23)22-9-2-3-10-25-22/h2-11,16,21H,12-15,17H2,1H3. The molecule has 3 aromatic rings. The largest absolute Gasteiger partial charge is 0.497 e. The van der Waals surface area contributed by atoms with E-state index in [0.29, 0.717) is 17.9 Å². The fourth-order valence-electron chi connectivity index (χ4n) is 3.68. The lowest BCUT2D eigenvalue weighted by Crippen LogP contribution is -2.47. The van der Waals surface area contributed by atoms with Crippen LogP contribution in [0.4, 0.5) is 10.2 Å². The van der Waals surface area contributed by atoms with Gasteiger partial charge in [0, 0.05) is 50.7 Å². The van der Waals surface area contributed by atoms with Crippen LogP contribution in [-0.2, 0) is 0 Å². The topological polar surface area (TPSA) is 41.5 Å². The van der Waals surface area contributed by atoms with Gasteiger partial charge in [-0.2, -0.15) is 0 Å². The van der Waals surface area contributed by atoms with Gasteiger partial charge in [0.25, 0.3) is 0 Å². The van der Waals surface area contributed by atoms with Crippen molar-refractivity contribution < 1.29 is 9.13 Å². The second-order valence-corrected chi connectivity index (χ2v) is 7.12. The van der Waals surface area contributed by atoms with Gasteiger partial charge >= 0.3 is 0 Å². The number of piperazine rings is 1. The lowest BCUT2D eigenvalue weighted by Gasteiger charge is -2.36. The number of aromatic nitrogens is 2. The molecule has 3 heterocycles. The zero-order valence-electron chi connectivity index (χ0n) is 16.5. The molecule has 0 amide bonds. The van der Waals surface area contributed by atoms with Crippen LogP contribution >= 0.6 is 0 Å². The summed E-state index contributed by atoms with van der Waals surface area (Å²) < 4.78 is 20.0. The molecule has 1 atom stereocenters. The summed E-state index contributed by atoms with van der Waals surface area (Å²) in [5.41, 5.74) is 2.61. The SMILES string of the molecule is COc1cccc(C(F)CN2CCN(c3ncccc3-c3ccccn3)CC2)c1. The van der Waals surface area contributed by atoms with Crippen LogP contribution in [0.5, 0.6) is 5.75 Å². The lowest BCUT2D eigenvalue weighted by atomic mass is 10.1. The van der Waals surface area contributed by atoms with Crippen molar-refractivity contribution in [3.05, 3.63) is 72.6 Å². The number of hydrogen-bond acceptors (Lipinski definition) is 5. The summed E-state index contributed by atoms with van der Waals surface area (Å²) in [6, 6.07) is 17.1. The molecule has 0 radical (unpaired) electrons. The molecule has 0 saturated carbocycles. The number of methoxy groups -OCH3 is 1. The molecule has 1 aliphatic rings. The summed E-state index contributed by atoms with van der Waals surface area (Å²) in [5, 5.41) is 0. The number of ether oxygens (including phenoxy) is 1. The van der Waals surface area contributed by atoms with E-state index < -0.39 is 6.17 Å². The average molecular weight is 392 g/mol. The van der Waals surface area contributed by atoms with Crippen LogP contribution in [-0.4, -0.2) is 54.7 Å². The number of alkyl halides is 1. The zero-order chi connectivity index (χ0) is 20.1. The van der Waals surface area contributed by atoms with Crippen molar-refractivity contribution in [3.63, 3.8) is 0 Å². The number of hydrogen-bond donors (Lipinski definition) is 0. The van der Waals surface area contributed by atoms with Crippen LogP contribution in [0.1, 0.15) is 11.7 Å². The lowest BCUT2D eigenvalue weighted by molar-refractivity contribution is 0.184. The first-order valence-corrected chi connectivity index (χ1v) is 9.86. The van der Waals surface area contributed by atoms with Crippen molar-refractivity contribution in [3.8, 4) is 17.0 Å². The Morgan fingerprint density at radius 2 is 1.79 bits per heavy atom. The van der Waals surface area contributed by atoms with Gasteiger partial charge in [0.15, 0.2) is 0 Å². The van der Waals surface area contributed by atoms with Crippen LogP contribution in [0, 0.1) is 0 Å². The van der Waals surface area contributed by atoms with E-state index in [-0.39, 0.29) is 0 Å². The normalized spacial score (nSPS) is 15.9. The number of pyridine rings is 2. The maximum absolute atomic E-state index is 14.8. The predicted octanol–water partition coefficient (Wildman–Crippen LogP) is 3.99. The van der Waals surface area contributed by atoms with Gasteiger partial charge in [-0.3, -0.25) is 9.88 Å². The predicted molar refractivity (Wildman–Crippen MR) is 113 cm³/mol. The summed E-state index contributed by atoms with van der Waals surface area (Å²) in [4.78, 5) is 13.5. The van der Waals surface area contributed by atoms with Crippen LogP contribution in [0.3, 0.4) is 0 Å². The fraction of sp³-hybridized carbons (Fsp3) is 0.304. The quantitative estimate of drug-likeness (QED) is 0.635. The van der Waals surface area contributed by atoms with E-state index in [1.807, 2.05) is 48.7 Å². The van der Waals surface area contributed by atoms with Gasteiger partial charge in [-0.05, 0) is 42.0 Å². The highest BCUT2D eigenvalue weighted by molar-refractivity contribution is 5.73. The molecule has 0 aliphatic carbocycles. The van der Waals surface area contributed by atoms with Crippen LogP contribution in [0.15, 0.2) is 67.0 Å². The second-order valence-electron chi connectivity index (χ2n) is 7.12. The van der Waals surface area contributed by atoms with E-state index in [0.717, 1.165) is 43.3 Å². The highest BCUT2D eigenvalue weighted by Crippen LogP contribution is 2.28. The zero-order valence-corrected chi connectivity index (χ0v) is 16.5. The molecule has 1 aliphatic heterocycles. The molecular weight excluding hydrogens is 367 g/mol. The molecular formula is C23H25FN4O. The van der Waals surface area contributed by atoms with Crippen molar-refractivity contribution in [2.24, 2.45) is 0 Å². The van der Waals surface area contributed by atoms with E-state index in [1.54, 1.807) is 19.4 Å². The first-order chi connectivity index (χ1) is 14.2. The molecule has 29 heavy (non-hydrogen) atoms. The summed E-state index contributed by atoms with van der Waals surface area (Å²) in [6.07, 6.45) is 2.58. The van der Waals surface area contributed by atoms with Crippen molar-refractivity contribution in [2.75, 3.05) is 44.7 Å². The van der Waals surface area contributed by atoms with Crippen molar-refractivity contribution in [2.45, 2.75) is 6.17 Å². The summed E-state index contributed by atoms with van der Waals surface area (Å²) in [7, 11) is 1.60. The van der Waals surface area contributed by atoms with Crippen LogP contribution < -0.4 is 9.64 Å². The van der Waals surface area contributed by atoms with Gasteiger partial charge < -0.3 is 9.64 Å². The molecule has 2 aromatic heterocycles. The van der Waals surface area contributed by atoms with Gasteiger partial charge in [-0.1, -0.05) is 18.2 Å². The van der Waals surface area contributed by atoms with E-state index in [2.05, 4.69) is 25.8 Å². The Bertz CT molecular complexity index is 929. The molecule has 1 unspecified atom stereocenters. The highest BCUT2D eigenvalue weighted by Gasteiger charge is 2.23. The molecule has 6 heteroatoms.